The number of rotatable bonds is 7. The molecule has 31 heavy (non-hydrogen) atoms. The second kappa shape index (κ2) is 9.28. The molecule has 1 aromatic carbocycles. The van der Waals surface area contributed by atoms with Gasteiger partial charge in [0.05, 0.1) is 11.7 Å². The van der Waals surface area contributed by atoms with E-state index >= 15 is 4.39 Å². The number of methoxy groups -OCH3 is 1. The molecule has 1 N–H and O–H groups in total. The zero-order valence-electron chi connectivity index (χ0n) is 17.9. The lowest BCUT2D eigenvalue weighted by Gasteiger charge is -2.54. The molecule has 7 nitrogen and oxygen atoms in total. The maximum Gasteiger partial charge on any atom is 0.376 e. The minimum atomic E-state index is -1.06. The van der Waals surface area contributed by atoms with Crippen molar-refractivity contribution in [2.75, 3.05) is 32.4 Å². The summed E-state index contributed by atoms with van der Waals surface area (Å²) >= 11 is 6.09. The lowest BCUT2D eigenvalue weighted by atomic mass is 9.68. The van der Waals surface area contributed by atoms with Crippen LogP contribution in [0.25, 0.3) is 11.3 Å². The first kappa shape index (κ1) is 22.3. The van der Waals surface area contributed by atoms with Gasteiger partial charge in [-0.1, -0.05) is 11.6 Å². The van der Waals surface area contributed by atoms with Gasteiger partial charge in [-0.05, 0) is 62.5 Å². The molecule has 1 aliphatic carbocycles. The average Bonchev–Trinajstić information content (AvgIpc) is 2.77. The Morgan fingerprint density at radius 1 is 1.29 bits per heavy atom. The Hall–Kier alpha value is -1.94. The van der Waals surface area contributed by atoms with E-state index in [1.807, 2.05) is 35.0 Å². The standard InChI is InChI=1S/C21H27BClFN4O3/c1-22(29)28-11-13-4-8-17(28)20(24)21(13)27(2)19-9-7-16(25-26-19)15-6-5-14(23)10-18(15)31-12-30-3/h5-7,9-10,13,17,20-21,29H,4,8,11-12H2,1-3H3/t13?,17?,20-,21-/m1/s1. The van der Waals surface area contributed by atoms with E-state index in [0.29, 0.717) is 28.8 Å². The van der Waals surface area contributed by atoms with Crippen molar-refractivity contribution in [2.24, 2.45) is 5.92 Å². The number of ether oxygens (including phenoxy) is 2. The number of hydrogen-bond acceptors (Lipinski definition) is 7. The van der Waals surface area contributed by atoms with Crippen LogP contribution in [0.1, 0.15) is 12.8 Å². The van der Waals surface area contributed by atoms with Crippen LogP contribution in [0.4, 0.5) is 10.2 Å². The summed E-state index contributed by atoms with van der Waals surface area (Å²) in [5.74, 6) is 1.30. The summed E-state index contributed by atoms with van der Waals surface area (Å²) in [4.78, 5) is 3.77. The fraction of sp³-hybridized carbons (Fsp3) is 0.524. The number of hydrogen-bond donors (Lipinski definition) is 1. The topological polar surface area (TPSA) is 71.0 Å². The molecule has 3 fully saturated rings. The van der Waals surface area contributed by atoms with Crippen LogP contribution in [0, 0.1) is 5.92 Å². The number of nitrogens with zero attached hydrogens (tertiary/aromatic N) is 4. The zero-order valence-corrected chi connectivity index (χ0v) is 18.7. The van der Waals surface area contributed by atoms with Crippen molar-refractivity contribution in [1.82, 2.24) is 15.0 Å². The van der Waals surface area contributed by atoms with Crippen LogP contribution >= 0.6 is 11.6 Å². The van der Waals surface area contributed by atoms with Crippen molar-refractivity contribution in [2.45, 2.75) is 37.9 Å². The van der Waals surface area contributed by atoms with Crippen molar-refractivity contribution in [3.63, 3.8) is 0 Å². The average molecular weight is 449 g/mol. The molecule has 0 amide bonds. The van der Waals surface area contributed by atoms with E-state index < -0.39 is 13.2 Å². The lowest BCUT2D eigenvalue weighted by molar-refractivity contribution is 0.00393. The molecular formula is C21H27BClFN4O3. The highest BCUT2D eigenvalue weighted by Crippen LogP contribution is 2.41. The van der Waals surface area contributed by atoms with E-state index in [1.54, 1.807) is 26.1 Å². The van der Waals surface area contributed by atoms with Crippen LogP contribution in [0.5, 0.6) is 5.75 Å². The van der Waals surface area contributed by atoms with E-state index in [0.717, 1.165) is 18.4 Å². The molecule has 2 bridgehead atoms. The smallest absolute Gasteiger partial charge is 0.376 e. The van der Waals surface area contributed by atoms with Gasteiger partial charge in [0.25, 0.3) is 0 Å². The molecule has 3 heterocycles. The summed E-state index contributed by atoms with van der Waals surface area (Å²) in [6.45, 7) is 2.49. The first-order valence-electron chi connectivity index (χ1n) is 10.5. The number of fused-ring (bicyclic) bond motifs is 3. The number of piperidine rings is 2. The van der Waals surface area contributed by atoms with Gasteiger partial charge in [-0.3, -0.25) is 0 Å². The SMILES string of the molecule is COCOc1cc(Cl)ccc1-c1ccc(N(C)[C@@H]2C3CCC([C@H]2F)N(B(C)O)C3)nn1. The minimum Gasteiger partial charge on any atom is -0.467 e. The van der Waals surface area contributed by atoms with Crippen molar-refractivity contribution in [1.29, 1.82) is 0 Å². The van der Waals surface area contributed by atoms with Crippen LogP contribution in [-0.4, -0.2) is 72.8 Å². The third-order valence-corrected chi connectivity index (χ3v) is 6.61. The Morgan fingerprint density at radius 3 is 2.74 bits per heavy atom. The Kier molecular flexibility index (Phi) is 6.67. The fourth-order valence-electron chi connectivity index (χ4n) is 4.88. The molecule has 1 aromatic heterocycles. The van der Waals surface area contributed by atoms with E-state index in [9.17, 15) is 5.02 Å². The molecule has 2 aromatic rings. The van der Waals surface area contributed by atoms with Gasteiger partial charge in [0.1, 0.15) is 11.9 Å². The van der Waals surface area contributed by atoms with Crippen molar-refractivity contribution in [3.05, 3.63) is 35.4 Å². The highest BCUT2D eigenvalue weighted by atomic mass is 35.5. The van der Waals surface area contributed by atoms with Gasteiger partial charge in [-0.25, -0.2) is 4.39 Å². The number of anilines is 1. The van der Waals surface area contributed by atoms with Gasteiger partial charge < -0.3 is 24.2 Å². The second-order valence-electron chi connectivity index (χ2n) is 8.25. The molecule has 4 atom stereocenters. The quantitative estimate of drug-likeness (QED) is 0.515. The molecule has 0 radical (unpaired) electrons. The summed E-state index contributed by atoms with van der Waals surface area (Å²) in [5.41, 5.74) is 1.37. The van der Waals surface area contributed by atoms with Crippen molar-refractivity contribution >= 4 is 24.5 Å². The number of aromatic nitrogens is 2. The Morgan fingerprint density at radius 2 is 2.10 bits per heavy atom. The maximum absolute atomic E-state index is 15.4. The monoisotopic (exact) mass is 448 g/mol. The zero-order chi connectivity index (χ0) is 22.1. The third-order valence-electron chi connectivity index (χ3n) is 6.37. The van der Waals surface area contributed by atoms with Crippen LogP contribution in [0.3, 0.4) is 0 Å². The van der Waals surface area contributed by atoms with Crippen LogP contribution in [0.15, 0.2) is 30.3 Å². The summed E-state index contributed by atoms with van der Waals surface area (Å²) in [7, 11) is 2.78. The third kappa shape index (κ3) is 4.37. The maximum atomic E-state index is 15.4. The summed E-state index contributed by atoms with van der Waals surface area (Å²) in [6.07, 6.45) is 0.658. The van der Waals surface area contributed by atoms with Crippen molar-refractivity contribution < 1.29 is 18.9 Å². The normalized spacial score (nSPS) is 25.5. The highest BCUT2D eigenvalue weighted by Gasteiger charge is 2.51. The van der Waals surface area contributed by atoms with Crippen LogP contribution in [0.2, 0.25) is 11.8 Å². The molecule has 5 rings (SSSR count). The molecule has 1 saturated carbocycles. The van der Waals surface area contributed by atoms with Gasteiger partial charge in [0.2, 0.25) is 0 Å². The van der Waals surface area contributed by atoms with Gasteiger partial charge >= 0.3 is 7.05 Å². The first-order chi connectivity index (χ1) is 14.9. The number of benzene rings is 1. The van der Waals surface area contributed by atoms with Gasteiger partial charge in [0.15, 0.2) is 12.6 Å². The Balaban J connectivity index is 1.54. The van der Waals surface area contributed by atoms with Gasteiger partial charge in [0, 0.05) is 30.8 Å². The summed E-state index contributed by atoms with van der Waals surface area (Å²) in [5, 5.41) is 19.3. The van der Waals surface area contributed by atoms with E-state index in [1.165, 1.54) is 0 Å². The van der Waals surface area contributed by atoms with Crippen LogP contribution in [-0.2, 0) is 4.74 Å². The van der Waals surface area contributed by atoms with Crippen LogP contribution < -0.4 is 9.64 Å². The fourth-order valence-corrected chi connectivity index (χ4v) is 5.04. The van der Waals surface area contributed by atoms with E-state index in [2.05, 4.69) is 10.2 Å². The Labute approximate surface area is 187 Å². The molecule has 0 spiro atoms. The summed E-state index contributed by atoms with van der Waals surface area (Å²) in [6, 6.07) is 8.43. The molecule has 2 aliphatic heterocycles. The number of halogens is 2. The van der Waals surface area contributed by atoms with E-state index in [4.69, 9.17) is 21.1 Å². The molecule has 2 saturated heterocycles. The predicted octanol–water partition coefficient (Wildman–Crippen LogP) is 3.13. The van der Waals surface area contributed by atoms with E-state index in [-0.39, 0.29) is 24.8 Å². The predicted molar refractivity (Wildman–Crippen MR) is 119 cm³/mol. The first-order valence-corrected chi connectivity index (χ1v) is 10.8. The molecule has 2 unspecified atom stereocenters. The van der Waals surface area contributed by atoms with Gasteiger partial charge in [-0.2, -0.15) is 0 Å². The molecule has 10 heteroatoms. The lowest BCUT2D eigenvalue weighted by Crippen LogP contribution is -2.68. The Bertz CT molecular complexity index is 905. The molecule has 3 aliphatic rings. The van der Waals surface area contributed by atoms with Crippen molar-refractivity contribution in [3.8, 4) is 17.0 Å². The molecule has 166 valence electrons. The largest absolute Gasteiger partial charge is 0.467 e. The van der Waals surface area contributed by atoms with Gasteiger partial charge in [-0.15, -0.1) is 10.2 Å². The summed E-state index contributed by atoms with van der Waals surface area (Å²) < 4.78 is 26.0. The number of alkyl halides is 1. The highest BCUT2D eigenvalue weighted by molar-refractivity contribution is 6.45. The minimum absolute atomic E-state index is 0.0905. The second-order valence-corrected chi connectivity index (χ2v) is 8.68. The molecular weight excluding hydrogens is 422 g/mol.